The van der Waals surface area contributed by atoms with Crippen molar-refractivity contribution in [3.63, 3.8) is 0 Å². The molecule has 0 radical (unpaired) electrons. The molecule has 0 aromatic heterocycles. The Morgan fingerprint density at radius 1 is 1.41 bits per heavy atom. The number of alkyl halides is 2. The number of benzene rings is 1. The zero-order chi connectivity index (χ0) is 15.6. The molecule has 120 valence electrons. The molecule has 22 heavy (non-hydrogen) atoms. The molecule has 0 bridgehead atoms. The first-order valence-electron chi connectivity index (χ1n) is 6.95. The van der Waals surface area contributed by atoms with Crippen LogP contribution in [0.2, 0.25) is 0 Å². The van der Waals surface area contributed by atoms with Gasteiger partial charge in [-0.25, -0.2) is 8.78 Å². The minimum atomic E-state index is -2.81. The first-order valence-corrected chi connectivity index (χ1v) is 6.95. The van der Waals surface area contributed by atoms with Crippen LogP contribution in [0.5, 0.6) is 17.2 Å². The fourth-order valence-corrected chi connectivity index (χ4v) is 2.33. The molecule has 3 rings (SSSR count). The van der Waals surface area contributed by atoms with Crippen LogP contribution in [0.3, 0.4) is 0 Å². The number of halogens is 2. The van der Waals surface area contributed by atoms with Crippen molar-refractivity contribution in [2.24, 2.45) is 0 Å². The van der Waals surface area contributed by atoms with Gasteiger partial charge in [0.1, 0.15) is 12.4 Å². The monoisotopic (exact) mass is 314 g/mol. The van der Waals surface area contributed by atoms with E-state index in [0.717, 1.165) is 0 Å². The molecule has 1 fully saturated rings. The first-order chi connectivity index (χ1) is 10.5. The maximum absolute atomic E-state index is 13.0. The van der Waals surface area contributed by atoms with E-state index in [1.807, 2.05) is 0 Å². The number of rotatable bonds is 5. The molecule has 8 heteroatoms. The van der Waals surface area contributed by atoms with Gasteiger partial charge in [-0.3, -0.25) is 10.1 Å². The maximum Gasteiger partial charge on any atom is 0.262 e. The van der Waals surface area contributed by atoms with E-state index in [9.17, 15) is 13.6 Å². The molecule has 0 spiro atoms. The minimum absolute atomic E-state index is 0.188. The molecule has 2 aliphatic heterocycles. The van der Waals surface area contributed by atoms with Gasteiger partial charge in [0.15, 0.2) is 11.5 Å². The summed E-state index contributed by atoms with van der Waals surface area (Å²) in [5, 5.41) is 5.07. The van der Waals surface area contributed by atoms with Crippen molar-refractivity contribution >= 4 is 5.91 Å². The second-order valence-corrected chi connectivity index (χ2v) is 5.15. The van der Waals surface area contributed by atoms with Gasteiger partial charge in [0, 0.05) is 12.5 Å². The molecular weight excluding hydrogens is 298 g/mol. The van der Waals surface area contributed by atoms with Crippen molar-refractivity contribution in [2.75, 3.05) is 26.5 Å². The summed E-state index contributed by atoms with van der Waals surface area (Å²) in [6, 6.07) is 4.32. The van der Waals surface area contributed by atoms with Gasteiger partial charge in [-0.2, -0.15) is 0 Å². The summed E-state index contributed by atoms with van der Waals surface area (Å²) in [6.07, 6.45) is -0.470. The van der Waals surface area contributed by atoms with Crippen LogP contribution in [0.4, 0.5) is 8.78 Å². The molecule has 2 heterocycles. The highest BCUT2D eigenvalue weighted by Gasteiger charge is 2.42. The normalized spacial score (nSPS) is 21.6. The zero-order valence-corrected chi connectivity index (χ0v) is 11.7. The number of hydrogen-bond acceptors (Lipinski definition) is 5. The number of amides is 1. The Labute approximate surface area is 125 Å². The lowest BCUT2D eigenvalue weighted by Crippen LogP contribution is -2.41. The molecule has 0 saturated carbocycles. The van der Waals surface area contributed by atoms with Crippen molar-refractivity contribution in [2.45, 2.75) is 18.4 Å². The molecule has 0 aliphatic carbocycles. The van der Waals surface area contributed by atoms with E-state index in [1.54, 1.807) is 18.2 Å². The fraction of sp³-hybridized carbons (Fsp3) is 0.500. The van der Waals surface area contributed by atoms with E-state index < -0.39 is 30.8 Å². The Balaban J connectivity index is 1.39. The molecule has 1 aromatic rings. The van der Waals surface area contributed by atoms with Crippen LogP contribution in [-0.2, 0) is 4.79 Å². The van der Waals surface area contributed by atoms with Gasteiger partial charge in [0.25, 0.3) is 5.92 Å². The number of fused-ring (bicyclic) bond motifs is 1. The summed E-state index contributed by atoms with van der Waals surface area (Å²) >= 11 is 0. The third-order valence-electron chi connectivity index (χ3n) is 3.44. The van der Waals surface area contributed by atoms with Gasteiger partial charge in [-0.15, -0.1) is 0 Å². The van der Waals surface area contributed by atoms with Gasteiger partial charge in [-0.1, -0.05) is 0 Å². The summed E-state index contributed by atoms with van der Waals surface area (Å²) in [5.41, 5.74) is 0. The van der Waals surface area contributed by atoms with Crippen LogP contribution in [0.25, 0.3) is 0 Å². The summed E-state index contributed by atoms with van der Waals surface area (Å²) in [7, 11) is 0. The second-order valence-electron chi connectivity index (χ2n) is 5.15. The Bertz CT molecular complexity index is 568. The van der Waals surface area contributed by atoms with Crippen LogP contribution < -0.4 is 24.8 Å². The van der Waals surface area contributed by atoms with Crippen molar-refractivity contribution < 1.29 is 27.8 Å². The molecule has 1 atom stereocenters. The number of carbonyl (C=O) groups excluding carboxylic acids is 1. The van der Waals surface area contributed by atoms with E-state index in [4.69, 9.17) is 14.2 Å². The van der Waals surface area contributed by atoms with E-state index >= 15 is 0 Å². The van der Waals surface area contributed by atoms with E-state index in [2.05, 4.69) is 10.6 Å². The summed E-state index contributed by atoms with van der Waals surface area (Å²) in [4.78, 5) is 11.7. The predicted octanol–water partition coefficient (Wildman–Crippen LogP) is 0.907. The van der Waals surface area contributed by atoms with Crippen LogP contribution in [0.1, 0.15) is 6.42 Å². The van der Waals surface area contributed by atoms with E-state index in [0.29, 0.717) is 17.2 Å². The zero-order valence-electron chi connectivity index (χ0n) is 11.7. The van der Waals surface area contributed by atoms with Gasteiger partial charge in [-0.05, 0) is 12.1 Å². The van der Waals surface area contributed by atoms with Gasteiger partial charge in [0.2, 0.25) is 12.7 Å². The minimum Gasteiger partial charge on any atom is -0.492 e. The highest BCUT2D eigenvalue weighted by Crippen LogP contribution is 2.35. The molecular formula is C14H16F2N2O4. The third kappa shape index (κ3) is 3.38. The van der Waals surface area contributed by atoms with Crippen LogP contribution in [-0.4, -0.2) is 44.4 Å². The Morgan fingerprint density at radius 2 is 2.23 bits per heavy atom. The maximum atomic E-state index is 13.0. The standard InChI is InChI=1S/C14H16F2N2O4/c15-14(16)6-10(18-7-14)13(19)17-3-4-20-9-1-2-11-12(5-9)22-8-21-11/h1-2,5,10,18H,3-4,6-8H2,(H,17,19). The lowest BCUT2D eigenvalue weighted by Gasteiger charge is -2.12. The Hall–Kier alpha value is -2.09. The lowest BCUT2D eigenvalue weighted by atomic mass is 10.2. The molecule has 2 aliphatic rings. The Morgan fingerprint density at radius 3 is 3.00 bits per heavy atom. The van der Waals surface area contributed by atoms with Crippen molar-refractivity contribution in [3.05, 3.63) is 18.2 Å². The number of ether oxygens (including phenoxy) is 3. The topological polar surface area (TPSA) is 68.8 Å². The number of nitrogens with one attached hydrogen (secondary N) is 2. The Kier molecular flexibility index (Phi) is 4.02. The number of carbonyl (C=O) groups is 1. The smallest absolute Gasteiger partial charge is 0.262 e. The SMILES string of the molecule is O=C(NCCOc1ccc2c(c1)OCO2)C1CC(F)(F)CN1. The van der Waals surface area contributed by atoms with Gasteiger partial charge in [0.05, 0.1) is 19.1 Å². The highest BCUT2D eigenvalue weighted by molar-refractivity contribution is 5.82. The highest BCUT2D eigenvalue weighted by atomic mass is 19.3. The second kappa shape index (κ2) is 5.96. The number of hydrogen-bond donors (Lipinski definition) is 2. The van der Waals surface area contributed by atoms with Crippen LogP contribution in [0.15, 0.2) is 18.2 Å². The molecule has 1 aromatic carbocycles. The van der Waals surface area contributed by atoms with E-state index in [1.165, 1.54) is 0 Å². The molecule has 1 amide bonds. The summed E-state index contributed by atoms with van der Waals surface area (Å²) in [5.74, 6) is -1.39. The average Bonchev–Trinajstić information content (AvgIpc) is 3.08. The van der Waals surface area contributed by atoms with Crippen LogP contribution in [0, 0.1) is 0 Å². The summed E-state index contributed by atoms with van der Waals surface area (Å²) in [6.45, 7) is 0.193. The molecule has 1 unspecified atom stereocenters. The fourth-order valence-electron chi connectivity index (χ4n) is 2.33. The van der Waals surface area contributed by atoms with Crippen LogP contribution >= 0.6 is 0 Å². The van der Waals surface area contributed by atoms with Gasteiger partial charge >= 0.3 is 0 Å². The first kappa shape index (κ1) is 14.8. The van der Waals surface area contributed by atoms with Crippen molar-refractivity contribution in [3.8, 4) is 17.2 Å². The molecule has 2 N–H and O–H groups in total. The average molecular weight is 314 g/mol. The predicted molar refractivity (Wildman–Crippen MR) is 72.4 cm³/mol. The summed E-state index contributed by atoms with van der Waals surface area (Å²) < 4.78 is 41.8. The van der Waals surface area contributed by atoms with E-state index in [-0.39, 0.29) is 19.9 Å². The van der Waals surface area contributed by atoms with Crippen molar-refractivity contribution in [1.82, 2.24) is 10.6 Å². The lowest BCUT2D eigenvalue weighted by molar-refractivity contribution is -0.123. The largest absolute Gasteiger partial charge is 0.492 e. The van der Waals surface area contributed by atoms with Crippen molar-refractivity contribution in [1.29, 1.82) is 0 Å². The molecule has 1 saturated heterocycles. The van der Waals surface area contributed by atoms with Gasteiger partial charge < -0.3 is 19.5 Å². The third-order valence-corrected chi connectivity index (χ3v) is 3.44. The molecule has 6 nitrogen and oxygen atoms in total. The quantitative estimate of drug-likeness (QED) is 0.791.